The summed E-state index contributed by atoms with van der Waals surface area (Å²) < 4.78 is 9.99. The van der Waals surface area contributed by atoms with E-state index in [0.717, 1.165) is 0 Å². The molecule has 1 heterocycles. The van der Waals surface area contributed by atoms with E-state index in [9.17, 15) is 9.59 Å². The molecule has 0 aromatic heterocycles. The lowest BCUT2D eigenvalue weighted by Gasteiger charge is -2.34. The summed E-state index contributed by atoms with van der Waals surface area (Å²) in [6.07, 6.45) is 0.595. The molecule has 0 amide bonds. The molecule has 0 saturated carbocycles. The molecule has 0 bridgehead atoms. The van der Waals surface area contributed by atoms with Crippen LogP contribution in [0.2, 0.25) is 0 Å². The quantitative estimate of drug-likeness (QED) is 0.737. The minimum Gasteiger partial charge on any atom is -0.469 e. The Hall–Kier alpha value is -1.14. The first-order chi connectivity index (χ1) is 8.71. The first-order valence-corrected chi connectivity index (χ1v) is 6.49. The van der Waals surface area contributed by atoms with Crippen LogP contribution in [0.15, 0.2) is 0 Å². The van der Waals surface area contributed by atoms with Crippen LogP contribution in [0.5, 0.6) is 0 Å². The summed E-state index contributed by atoms with van der Waals surface area (Å²) in [6.45, 7) is 6.70. The van der Waals surface area contributed by atoms with Gasteiger partial charge >= 0.3 is 11.9 Å². The van der Waals surface area contributed by atoms with Crippen LogP contribution in [-0.2, 0) is 19.1 Å². The van der Waals surface area contributed by atoms with Crippen molar-refractivity contribution in [3.63, 3.8) is 0 Å². The van der Waals surface area contributed by atoms with Crippen LogP contribution < -0.4 is 5.73 Å². The van der Waals surface area contributed by atoms with Crippen molar-refractivity contribution in [3.8, 4) is 0 Å². The van der Waals surface area contributed by atoms with Crippen molar-refractivity contribution in [2.45, 2.75) is 38.8 Å². The highest BCUT2D eigenvalue weighted by Gasteiger charge is 2.32. The van der Waals surface area contributed by atoms with Gasteiger partial charge in [0.05, 0.1) is 19.6 Å². The monoisotopic (exact) mass is 272 g/mol. The van der Waals surface area contributed by atoms with E-state index in [1.54, 1.807) is 0 Å². The molecule has 1 fully saturated rings. The highest BCUT2D eigenvalue weighted by atomic mass is 16.6. The Morgan fingerprint density at radius 3 is 2.47 bits per heavy atom. The van der Waals surface area contributed by atoms with E-state index in [1.165, 1.54) is 7.11 Å². The van der Waals surface area contributed by atoms with Crippen molar-refractivity contribution in [1.82, 2.24) is 4.90 Å². The molecule has 0 aromatic carbocycles. The third kappa shape index (κ3) is 5.57. The number of hydrogen-bond donors (Lipinski definition) is 1. The molecule has 0 spiro atoms. The standard InChI is InChI=1S/C13H24N2O4/c1-13(2,3)19-11(16)8-15-6-9(12(17)18-4)5-10(14)7-15/h9-10H,5-8,14H2,1-4H3. The van der Waals surface area contributed by atoms with Crippen LogP contribution >= 0.6 is 0 Å². The average Bonchev–Trinajstić information content (AvgIpc) is 2.24. The fraction of sp³-hybridized carbons (Fsp3) is 0.846. The number of nitrogens with two attached hydrogens (primary N) is 1. The second-order valence-corrected chi connectivity index (χ2v) is 6.00. The Morgan fingerprint density at radius 2 is 1.95 bits per heavy atom. The Morgan fingerprint density at radius 1 is 1.32 bits per heavy atom. The van der Waals surface area contributed by atoms with E-state index >= 15 is 0 Å². The van der Waals surface area contributed by atoms with E-state index in [4.69, 9.17) is 15.2 Å². The predicted octanol–water partition coefficient (Wildman–Crippen LogP) is 0.150. The number of nitrogens with zero attached hydrogens (tertiary/aromatic N) is 1. The molecule has 6 heteroatoms. The molecular formula is C13H24N2O4. The van der Waals surface area contributed by atoms with Crippen molar-refractivity contribution in [2.75, 3.05) is 26.7 Å². The molecule has 2 atom stereocenters. The highest BCUT2D eigenvalue weighted by Crippen LogP contribution is 2.17. The Balaban J connectivity index is 2.53. The maximum absolute atomic E-state index is 11.8. The third-order valence-corrected chi connectivity index (χ3v) is 2.87. The Labute approximate surface area is 114 Å². The molecule has 1 rings (SSSR count). The highest BCUT2D eigenvalue weighted by molar-refractivity contribution is 5.74. The van der Waals surface area contributed by atoms with Gasteiger partial charge in [0, 0.05) is 19.1 Å². The van der Waals surface area contributed by atoms with Gasteiger partial charge in [-0.15, -0.1) is 0 Å². The van der Waals surface area contributed by atoms with Gasteiger partial charge in [0.2, 0.25) is 0 Å². The maximum Gasteiger partial charge on any atom is 0.320 e. The average molecular weight is 272 g/mol. The van der Waals surface area contributed by atoms with Crippen LogP contribution in [0.1, 0.15) is 27.2 Å². The Bertz CT molecular complexity index is 338. The molecule has 2 N–H and O–H groups in total. The van der Waals surface area contributed by atoms with Crippen LogP contribution in [0, 0.1) is 5.92 Å². The number of methoxy groups -OCH3 is 1. The van der Waals surface area contributed by atoms with Gasteiger partial charge in [-0.05, 0) is 27.2 Å². The van der Waals surface area contributed by atoms with Crippen LogP contribution in [-0.4, -0.2) is 55.2 Å². The molecule has 0 aromatic rings. The van der Waals surface area contributed by atoms with Gasteiger partial charge < -0.3 is 15.2 Å². The number of likely N-dealkylation sites (tertiary alicyclic amines) is 1. The first kappa shape index (κ1) is 15.9. The summed E-state index contributed by atoms with van der Waals surface area (Å²) in [5, 5.41) is 0. The van der Waals surface area contributed by atoms with E-state index in [1.807, 2.05) is 25.7 Å². The van der Waals surface area contributed by atoms with Crippen molar-refractivity contribution < 1.29 is 19.1 Å². The maximum atomic E-state index is 11.8. The van der Waals surface area contributed by atoms with Crippen molar-refractivity contribution in [1.29, 1.82) is 0 Å². The molecule has 1 saturated heterocycles. The smallest absolute Gasteiger partial charge is 0.320 e. The fourth-order valence-corrected chi connectivity index (χ4v) is 2.26. The molecule has 19 heavy (non-hydrogen) atoms. The number of esters is 2. The summed E-state index contributed by atoms with van der Waals surface area (Å²) in [6, 6.07) is -0.125. The van der Waals surface area contributed by atoms with Crippen molar-refractivity contribution in [2.24, 2.45) is 11.7 Å². The largest absolute Gasteiger partial charge is 0.469 e. The van der Waals surface area contributed by atoms with Gasteiger partial charge in [0.1, 0.15) is 5.60 Å². The molecule has 1 aliphatic rings. The number of rotatable bonds is 3. The normalized spacial score (nSPS) is 24.9. The number of ether oxygens (including phenoxy) is 2. The zero-order chi connectivity index (χ0) is 14.6. The molecule has 0 radical (unpaired) electrons. The summed E-state index contributed by atoms with van der Waals surface area (Å²) in [5.41, 5.74) is 5.41. The van der Waals surface area contributed by atoms with Crippen LogP contribution in [0.3, 0.4) is 0 Å². The summed E-state index contributed by atoms with van der Waals surface area (Å²) in [5.74, 6) is -0.842. The zero-order valence-electron chi connectivity index (χ0n) is 12.1. The van der Waals surface area contributed by atoms with Gasteiger partial charge in [0.15, 0.2) is 0 Å². The van der Waals surface area contributed by atoms with Gasteiger partial charge in [-0.3, -0.25) is 14.5 Å². The lowest BCUT2D eigenvalue weighted by Crippen LogP contribution is -2.51. The molecule has 6 nitrogen and oxygen atoms in total. The van der Waals surface area contributed by atoms with Crippen LogP contribution in [0.4, 0.5) is 0 Å². The number of carbonyl (C=O) groups is 2. The van der Waals surface area contributed by atoms with Crippen molar-refractivity contribution >= 4 is 11.9 Å². The number of hydrogen-bond acceptors (Lipinski definition) is 6. The molecule has 110 valence electrons. The minimum atomic E-state index is -0.503. The zero-order valence-corrected chi connectivity index (χ0v) is 12.1. The predicted molar refractivity (Wildman–Crippen MR) is 70.4 cm³/mol. The van der Waals surface area contributed by atoms with E-state index in [2.05, 4.69) is 0 Å². The molecular weight excluding hydrogens is 248 g/mol. The van der Waals surface area contributed by atoms with E-state index in [0.29, 0.717) is 19.5 Å². The van der Waals surface area contributed by atoms with Crippen LogP contribution in [0.25, 0.3) is 0 Å². The number of piperidine rings is 1. The lowest BCUT2D eigenvalue weighted by molar-refractivity contribution is -0.158. The van der Waals surface area contributed by atoms with Gasteiger partial charge in [-0.1, -0.05) is 0 Å². The lowest BCUT2D eigenvalue weighted by atomic mass is 9.95. The number of carbonyl (C=O) groups excluding carboxylic acids is 2. The summed E-state index contributed by atoms with van der Waals surface area (Å²) in [7, 11) is 1.36. The van der Waals surface area contributed by atoms with Gasteiger partial charge in [0.25, 0.3) is 0 Å². The van der Waals surface area contributed by atoms with Gasteiger partial charge in [-0.25, -0.2) is 0 Å². The first-order valence-electron chi connectivity index (χ1n) is 6.49. The van der Waals surface area contributed by atoms with E-state index in [-0.39, 0.29) is 30.4 Å². The second kappa shape index (κ2) is 6.34. The minimum absolute atomic E-state index is 0.125. The van der Waals surface area contributed by atoms with Crippen molar-refractivity contribution in [3.05, 3.63) is 0 Å². The third-order valence-electron chi connectivity index (χ3n) is 2.87. The molecule has 0 aliphatic carbocycles. The molecule has 1 aliphatic heterocycles. The molecule has 2 unspecified atom stereocenters. The Kier molecular flexibility index (Phi) is 5.31. The second-order valence-electron chi connectivity index (χ2n) is 6.00. The van der Waals surface area contributed by atoms with Gasteiger partial charge in [-0.2, -0.15) is 0 Å². The summed E-state index contributed by atoms with van der Waals surface area (Å²) >= 11 is 0. The SMILES string of the molecule is COC(=O)C1CC(N)CN(CC(=O)OC(C)(C)C)C1. The topological polar surface area (TPSA) is 81.9 Å². The summed E-state index contributed by atoms with van der Waals surface area (Å²) in [4.78, 5) is 25.2. The fourth-order valence-electron chi connectivity index (χ4n) is 2.26. The van der Waals surface area contributed by atoms with E-state index < -0.39 is 5.60 Å².